The zero-order valence-corrected chi connectivity index (χ0v) is 3.63. The molecule has 0 aliphatic rings. The van der Waals surface area contributed by atoms with Crippen molar-refractivity contribution in [3.05, 3.63) is 0 Å². The Morgan fingerprint density at radius 3 is 1.62 bits per heavy atom. The van der Waals surface area contributed by atoms with Crippen LogP contribution in [0, 0.1) is 0 Å². The van der Waals surface area contributed by atoms with Crippen molar-refractivity contribution in [2.45, 2.75) is 12.7 Å². The fraction of sp³-hybridized carbons (Fsp3) is 0.500. The molecule has 0 rings (SSSR count). The Balaban J connectivity index is 5.01. The van der Waals surface area contributed by atoms with Crippen molar-refractivity contribution in [2.24, 2.45) is 0 Å². The van der Waals surface area contributed by atoms with Crippen LogP contribution in [0.5, 0.6) is 0 Å². The van der Waals surface area contributed by atoms with E-state index in [1.807, 2.05) is 0 Å². The van der Waals surface area contributed by atoms with Gasteiger partial charge in [-0.25, -0.2) is 0 Å². The van der Waals surface area contributed by atoms with Gasteiger partial charge < -0.3 is 19.8 Å². The van der Waals surface area contributed by atoms with Crippen LogP contribution < -0.4 is 10.2 Å². The third-order valence-corrected chi connectivity index (χ3v) is 0.267. The molecule has 0 unspecified atom stereocenters. The van der Waals surface area contributed by atoms with E-state index >= 15 is 0 Å². The molecule has 0 fully saturated rings. The predicted octanol–water partition coefficient (Wildman–Crippen LogP) is -2.73. The smallest absolute Gasteiger partial charge is 0.0418 e. The molecule has 0 N–H and O–H groups in total. The minimum atomic E-state index is -3.61. The van der Waals surface area contributed by atoms with Crippen molar-refractivity contribution in [3.63, 3.8) is 0 Å². The van der Waals surface area contributed by atoms with Crippen molar-refractivity contribution in [2.75, 3.05) is 0 Å². The number of aliphatic carboxylic acids is 2. The molecule has 0 aromatic carbocycles. The van der Waals surface area contributed by atoms with Crippen molar-refractivity contribution in [1.29, 1.82) is 0 Å². The van der Waals surface area contributed by atoms with Crippen LogP contribution in [0.15, 0.2) is 0 Å². The zero-order chi connectivity index (χ0) is 10.2. The van der Waals surface area contributed by atoms with Gasteiger partial charge in [0.1, 0.15) is 0 Å². The van der Waals surface area contributed by atoms with Gasteiger partial charge in [0.25, 0.3) is 0 Å². The molecule has 4 heteroatoms. The molecular formula is C4H4O4-2. The Hall–Kier alpha value is -1.06. The first-order chi connectivity index (χ1) is 5.14. The number of hydrogen-bond donors (Lipinski definition) is 0. The molecule has 46 valence electrons. The van der Waals surface area contributed by atoms with E-state index in [-0.39, 0.29) is 0 Å². The van der Waals surface area contributed by atoms with Crippen LogP contribution in [0.1, 0.15) is 18.2 Å². The molecule has 0 bridgehead atoms. The van der Waals surface area contributed by atoms with E-state index in [4.69, 9.17) is 5.48 Å². The van der Waals surface area contributed by atoms with E-state index in [9.17, 15) is 19.8 Å². The highest BCUT2D eigenvalue weighted by molar-refractivity contribution is 5.72. The number of rotatable bonds is 3. The highest BCUT2D eigenvalue weighted by Crippen LogP contribution is 1.81. The van der Waals surface area contributed by atoms with E-state index in [2.05, 4.69) is 0 Å². The van der Waals surface area contributed by atoms with Gasteiger partial charge in [-0.1, -0.05) is 0 Å². The molecule has 0 saturated carbocycles. The minimum absolute atomic E-state index is 2.43. The molecule has 0 aromatic heterocycles. The Labute approximate surface area is 51.4 Å². The largest absolute Gasteiger partial charge is 0.550 e. The molecule has 0 atom stereocenters. The van der Waals surface area contributed by atoms with E-state index < -0.39 is 24.7 Å². The van der Waals surface area contributed by atoms with Gasteiger partial charge in [0.15, 0.2) is 0 Å². The van der Waals surface area contributed by atoms with Crippen LogP contribution in [0.4, 0.5) is 0 Å². The summed E-state index contributed by atoms with van der Waals surface area (Å²) in [6.07, 6.45) is -7.21. The number of carbonyl (C=O) groups excluding carboxylic acids is 2. The topological polar surface area (TPSA) is 80.3 Å². The normalized spacial score (nSPS) is 19.5. The van der Waals surface area contributed by atoms with E-state index in [0.29, 0.717) is 0 Å². The summed E-state index contributed by atoms with van der Waals surface area (Å²) in [6.45, 7) is 0. The van der Waals surface area contributed by atoms with Crippen LogP contribution in [-0.4, -0.2) is 11.9 Å². The maximum atomic E-state index is 9.95. The van der Waals surface area contributed by atoms with Crippen LogP contribution >= 0.6 is 0 Å². The Morgan fingerprint density at radius 1 is 1.25 bits per heavy atom. The summed E-state index contributed by atoms with van der Waals surface area (Å²) in [5.41, 5.74) is 0. The van der Waals surface area contributed by atoms with Gasteiger partial charge in [-0.05, 0) is 12.7 Å². The summed E-state index contributed by atoms with van der Waals surface area (Å²) in [5, 5.41) is 19.9. The van der Waals surface area contributed by atoms with Crippen molar-refractivity contribution in [3.8, 4) is 0 Å². The Morgan fingerprint density at radius 2 is 1.50 bits per heavy atom. The summed E-state index contributed by atoms with van der Waals surface area (Å²) in [7, 11) is 0. The van der Waals surface area contributed by atoms with Gasteiger partial charge in [0.05, 0.1) is 0 Å². The van der Waals surface area contributed by atoms with E-state index in [0.717, 1.165) is 0 Å². The first-order valence-electron chi connectivity index (χ1n) is 3.57. The molecule has 8 heavy (non-hydrogen) atoms. The SMILES string of the molecule is [2H]C([2H])(C(=O)[O-])C([2H])([2H])C(=O)[O-]. The molecule has 0 spiro atoms. The summed E-state index contributed by atoms with van der Waals surface area (Å²) in [5.74, 6) is -4.87. The van der Waals surface area contributed by atoms with Gasteiger partial charge in [0, 0.05) is 17.4 Å². The summed E-state index contributed by atoms with van der Waals surface area (Å²) >= 11 is 0. The second-order valence-electron chi connectivity index (χ2n) is 0.825. The summed E-state index contributed by atoms with van der Waals surface area (Å²) in [4.78, 5) is 19.9. The van der Waals surface area contributed by atoms with E-state index in [1.165, 1.54) is 0 Å². The van der Waals surface area contributed by atoms with Crippen LogP contribution in [0.25, 0.3) is 0 Å². The fourth-order valence-corrected chi connectivity index (χ4v) is 0.102. The second kappa shape index (κ2) is 3.01. The van der Waals surface area contributed by atoms with E-state index in [1.54, 1.807) is 0 Å². The van der Waals surface area contributed by atoms with Gasteiger partial charge >= 0.3 is 0 Å². The van der Waals surface area contributed by atoms with Crippen molar-refractivity contribution in [1.82, 2.24) is 0 Å². The molecule has 0 heterocycles. The Bertz CT molecular complexity index is 199. The monoisotopic (exact) mass is 120 g/mol. The summed E-state index contributed by atoms with van der Waals surface area (Å²) in [6, 6.07) is 0. The highest BCUT2D eigenvalue weighted by atomic mass is 16.4. The predicted molar refractivity (Wildman–Crippen MR) is 19.2 cm³/mol. The maximum Gasteiger partial charge on any atom is 0.0418 e. The maximum absolute atomic E-state index is 9.95. The lowest BCUT2D eigenvalue weighted by atomic mass is 10.3. The highest BCUT2D eigenvalue weighted by Gasteiger charge is 1.85. The molecule has 0 aliphatic heterocycles. The van der Waals surface area contributed by atoms with Crippen LogP contribution in [0.2, 0.25) is 0 Å². The number of hydrogen-bond acceptors (Lipinski definition) is 4. The number of carboxylic acid groups (broad SMARTS) is 2. The average Bonchev–Trinajstić information content (AvgIpc) is 1.86. The Kier molecular flexibility index (Phi) is 0.932. The zero-order valence-electron chi connectivity index (χ0n) is 7.63. The standard InChI is InChI=1S/C4H6O4/c5-3(6)1-2-4(7)8/h1-2H2,(H,5,6)(H,7,8)/p-2/i1D2,2D2. The molecule has 0 saturated heterocycles. The number of carboxylic acids is 2. The van der Waals surface area contributed by atoms with Gasteiger partial charge in [-0.15, -0.1) is 0 Å². The quantitative estimate of drug-likeness (QED) is 0.405. The summed E-state index contributed by atoms with van der Waals surface area (Å²) < 4.78 is 26.1. The second-order valence-corrected chi connectivity index (χ2v) is 0.825. The fourth-order valence-electron chi connectivity index (χ4n) is 0.102. The molecule has 0 amide bonds. The molecular weight excluding hydrogens is 112 g/mol. The van der Waals surface area contributed by atoms with Crippen molar-refractivity contribution >= 4 is 11.9 Å². The average molecular weight is 120 g/mol. The van der Waals surface area contributed by atoms with Crippen LogP contribution in [0.3, 0.4) is 0 Å². The van der Waals surface area contributed by atoms with Gasteiger partial charge in [-0.3, -0.25) is 0 Å². The first kappa shape index (κ1) is 2.48. The van der Waals surface area contributed by atoms with Gasteiger partial charge in [-0.2, -0.15) is 0 Å². The molecule has 0 aliphatic carbocycles. The molecule has 0 radical (unpaired) electrons. The third kappa shape index (κ3) is 4.94. The van der Waals surface area contributed by atoms with Crippen LogP contribution in [-0.2, 0) is 9.59 Å². The lowest BCUT2D eigenvalue weighted by Crippen LogP contribution is -2.27. The first-order valence-corrected chi connectivity index (χ1v) is 1.57. The molecule has 0 aromatic rings. The molecule has 4 nitrogen and oxygen atoms in total. The number of carbonyl (C=O) groups is 2. The minimum Gasteiger partial charge on any atom is -0.550 e. The van der Waals surface area contributed by atoms with Gasteiger partial charge in [0.2, 0.25) is 0 Å². The lowest BCUT2D eigenvalue weighted by Gasteiger charge is -2.00. The lowest BCUT2D eigenvalue weighted by molar-refractivity contribution is -0.315. The van der Waals surface area contributed by atoms with Crippen molar-refractivity contribution < 1.29 is 25.3 Å². The third-order valence-electron chi connectivity index (χ3n) is 0.267.